The number of thiazole rings is 1. The summed E-state index contributed by atoms with van der Waals surface area (Å²) in [5, 5.41) is 2.71. The second kappa shape index (κ2) is 9.20. The third kappa shape index (κ3) is 4.83. The summed E-state index contributed by atoms with van der Waals surface area (Å²) in [6.07, 6.45) is 2.44. The van der Waals surface area contributed by atoms with Crippen LogP contribution in [0.5, 0.6) is 5.75 Å². The Morgan fingerprint density at radius 2 is 2.00 bits per heavy atom. The van der Waals surface area contributed by atoms with Crippen molar-refractivity contribution in [2.45, 2.75) is 25.4 Å². The lowest BCUT2D eigenvalue weighted by Crippen LogP contribution is -2.38. The Morgan fingerprint density at radius 3 is 2.69 bits per heavy atom. The zero-order chi connectivity index (χ0) is 20.1. The van der Waals surface area contributed by atoms with Crippen LogP contribution in [0.3, 0.4) is 0 Å². The monoisotopic (exact) mass is 408 g/mol. The van der Waals surface area contributed by atoms with Crippen LogP contribution in [0.4, 0.5) is 5.13 Å². The molecule has 1 atom stereocenters. The SMILES string of the molecule is COc1ccc(-c2csc(N(C[C@@H]3CCCO3)C(=O)Cc3ccccc3)n2)cc1. The Morgan fingerprint density at radius 1 is 1.21 bits per heavy atom. The number of carbonyl (C=O) groups is 1. The number of hydrogen-bond acceptors (Lipinski definition) is 5. The molecule has 0 N–H and O–H groups in total. The summed E-state index contributed by atoms with van der Waals surface area (Å²) in [5.74, 6) is 0.851. The number of ether oxygens (including phenoxy) is 2. The number of hydrogen-bond donors (Lipinski definition) is 0. The molecule has 1 saturated heterocycles. The molecule has 0 saturated carbocycles. The standard InChI is InChI=1S/C23H24N2O3S/c1-27-19-11-9-18(10-12-19)21-16-29-23(24-21)25(15-20-8-5-13-28-20)22(26)14-17-6-3-2-4-7-17/h2-4,6-7,9-12,16,20H,5,8,13-15H2,1H3/t20-/m0/s1. The van der Waals surface area contributed by atoms with Crippen LogP contribution in [0.25, 0.3) is 11.3 Å². The van der Waals surface area contributed by atoms with Crippen LogP contribution in [-0.2, 0) is 16.0 Å². The maximum atomic E-state index is 13.2. The highest BCUT2D eigenvalue weighted by atomic mass is 32.1. The van der Waals surface area contributed by atoms with Gasteiger partial charge in [0, 0.05) is 17.6 Å². The van der Waals surface area contributed by atoms with Gasteiger partial charge in [-0.2, -0.15) is 0 Å². The fourth-order valence-corrected chi connectivity index (χ4v) is 4.29. The van der Waals surface area contributed by atoms with Gasteiger partial charge in [-0.15, -0.1) is 11.3 Å². The van der Waals surface area contributed by atoms with Crippen molar-refractivity contribution < 1.29 is 14.3 Å². The maximum Gasteiger partial charge on any atom is 0.233 e. The lowest BCUT2D eigenvalue weighted by molar-refractivity contribution is -0.118. The van der Waals surface area contributed by atoms with E-state index in [1.165, 1.54) is 11.3 Å². The molecule has 4 rings (SSSR count). The van der Waals surface area contributed by atoms with E-state index in [1.807, 2.05) is 60.0 Å². The summed E-state index contributed by atoms with van der Waals surface area (Å²) in [4.78, 5) is 19.7. The predicted molar refractivity (Wildman–Crippen MR) is 116 cm³/mol. The molecule has 1 aliphatic heterocycles. The average Bonchev–Trinajstić information content (AvgIpc) is 3.45. The number of nitrogens with zero attached hydrogens (tertiary/aromatic N) is 2. The van der Waals surface area contributed by atoms with Crippen LogP contribution < -0.4 is 9.64 Å². The van der Waals surface area contributed by atoms with Gasteiger partial charge >= 0.3 is 0 Å². The van der Waals surface area contributed by atoms with E-state index in [-0.39, 0.29) is 12.0 Å². The van der Waals surface area contributed by atoms with Crippen molar-refractivity contribution in [1.82, 2.24) is 4.98 Å². The van der Waals surface area contributed by atoms with Crippen molar-refractivity contribution in [3.8, 4) is 17.0 Å². The van der Waals surface area contributed by atoms with E-state index < -0.39 is 0 Å². The quantitative estimate of drug-likeness (QED) is 0.574. The van der Waals surface area contributed by atoms with Crippen LogP contribution in [0, 0.1) is 0 Å². The van der Waals surface area contributed by atoms with Crippen molar-refractivity contribution in [3.63, 3.8) is 0 Å². The van der Waals surface area contributed by atoms with Gasteiger partial charge in [0.25, 0.3) is 0 Å². The maximum absolute atomic E-state index is 13.2. The zero-order valence-electron chi connectivity index (χ0n) is 16.4. The molecule has 0 unspecified atom stereocenters. The first-order chi connectivity index (χ1) is 14.2. The van der Waals surface area contributed by atoms with E-state index in [2.05, 4.69) is 0 Å². The Labute approximate surface area is 174 Å². The van der Waals surface area contributed by atoms with Gasteiger partial charge in [0.2, 0.25) is 5.91 Å². The lowest BCUT2D eigenvalue weighted by Gasteiger charge is -2.23. The number of rotatable bonds is 7. The minimum atomic E-state index is 0.0438. The summed E-state index contributed by atoms with van der Waals surface area (Å²) in [7, 11) is 1.65. The summed E-state index contributed by atoms with van der Waals surface area (Å²) in [6, 6.07) is 17.6. The van der Waals surface area contributed by atoms with Gasteiger partial charge in [-0.3, -0.25) is 9.69 Å². The Hall–Kier alpha value is -2.70. The molecule has 5 nitrogen and oxygen atoms in total. The molecule has 1 fully saturated rings. The van der Waals surface area contributed by atoms with Gasteiger partial charge in [0.1, 0.15) is 5.75 Å². The summed E-state index contributed by atoms with van der Waals surface area (Å²) in [5.41, 5.74) is 2.86. The van der Waals surface area contributed by atoms with Crippen LogP contribution in [0.1, 0.15) is 18.4 Å². The first kappa shape index (κ1) is 19.6. The molecule has 1 amide bonds. The third-order valence-electron chi connectivity index (χ3n) is 5.02. The molecule has 1 aromatic heterocycles. The van der Waals surface area contributed by atoms with Crippen molar-refractivity contribution in [2.75, 3.05) is 25.2 Å². The molecular weight excluding hydrogens is 384 g/mol. The summed E-state index contributed by atoms with van der Waals surface area (Å²) >= 11 is 1.49. The van der Waals surface area contributed by atoms with Crippen molar-refractivity contribution in [2.24, 2.45) is 0 Å². The molecule has 0 spiro atoms. The molecule has 0 aliphatic carbocycles. The molecule has 1 aliphatic rings. The molecule has 150 valence electrons. The van der Waals surface area contributed by atoms with Gasteiger partial charge in [0.15, 0.2) is 5.13 Å². The number of anilines is 1. The molecule has 0 bridgehead atoms. The Kier molecular flexibility index (Phi) is 6.22. The van der Waals surface area contributed by atoms with Crippen molar-refractivity contribution in [1.29, 1.82) is 0 Å². The summed E-state index contributed by atoms with van der Waals surface area (Å²) in [6.45, 7) is 1.31. The molecule has 3 aromatic rings. The fraction of sp³-hybridized carbons (Fsp3) is 0.304. The minimum absolute atomic E-state index is 0.0438. The molecule has 0 radical (unpaired) electrons. The van der Waals surface area contributed by atoms with Crippen molar-refractivity contribution >= 4 is 22.4 Å². The molecule has 2 aromatic carbocycles. The summed E-state index contributed by atoms with van der Waals surface area (Å²) < 4.78 is 11.0. The topological polar surface area (TPSA) is 51.7 Å². The van der Waals surface area contributed by atoms with E-state index in [9.17, 15) is 4.79 Å². The van der Waals surface area contributed by atoms with E-state index in [0.29, 0.717) is 18.1 Å². The van der Waals surface area contributed by atoms with E-state index in [4.69, 9.17) is 14.5 Å². The van der Waals surface area contributed by atoms with Crippen LogP contribution in [0.2, 0.25) is 0 Å². The smallest absolute Gasteiger partial charge is 0.233 e. The number of carbonyl (C=O) groups excluding carboxylic acids is 1. The molecule has 29 heavy (non-hydrogen) atoms. The lowest BCUT2D eigenvalue weighted by atomic mass is 10.1. The van der Waals surface area contributed by atoms with Gasteiger partial charge < -0.3 is 9.47 Å². The highest BCUT2D eigenvalue weighted by Crippen LogP contribution is 2.30. The third-order valence-corrected chi connectivity index (χ3v) is 5.88. The highest BCUT2D eigenvalue weighted by Gasteiger charge is 2.26. The number of benzene rings is 2. The van der Waals surface area contributed by atoms with Crippen LogP contribution >= 0.6 is 11.3 Å². The number of aromatic nitrogens is 1. The minimum Gasteiger partial charge on any atom is -0.497 e. The van der Waals surface area contributed by atoms with Crippen LogP contribution in [-0.4, -0.2) is 37.3 Å². The van der Waals surface area contributed by atoms with Gasteiger partial charge in [-0.05, 0) is 42.7 Å². The molecular formula is C23H24N2O3S. The largest absolute Gasteiger partial charge is 0.497 e. The average molecular weight is 409 g/mol. The zero-order valence-corrected chi connectivity index (χ0v) is 17.2. The second-order valence-electron chi connectivity index (χ2n) is 7.05. The highest BCUT2D eigenvalue weighted by molar-refractivity contribution is 7.14. The van der Waals surface area contributed by atoms with Gasteiger partial charge in [-0.25, -0.2) is 4.98 Å². The number of methoxy groups -OCH3 is 1. The number of amides is 1. The predicted octanol–water partition coefficient (Wildman–Crippen LogP) is 4.57. The van der Waals surface area contributed by atoms with E-state index in [0.717, 1.165) is 42.0 Å². The van der Waals surface area contributed by atoms with E-state index >= 15 is 0 Å². The van der Waals surface area contributed by atoms with Crippen molar-refractivity contribution in [3.05, 3.63) is 65.5 Å². The second-order valence-corrected chi connectivity index (χ2v) is 7.88. The normalized spacial score (nSPS) is 16.0. The van der Waals surface area contributed by atoms with Gasteiger partial charge in [0.05, 0.1) is 31.9 Å². The first-order valence-corrected chi connectivity index (χ1v) is 10.7. The van der Waals surface area contributed by atoms with E-state index in [1.54, 1.807) is 12.0 Å². The van der Waals surface area contributed by atoms with Gasteiger partial charge in [-0.1, -0.05) is 30.3 Å². The van der Waals surface area contributed by atoms with Crippen LogP contribution in [0.15, 0.2) is 60.0 Å². The molecule has 6 heteroatoms. The fourth-order valence-electron chi connectivity index (χ4n) is 3.43. The molecule has 2 heterocycles. The first-order valence-electron chi connectivity index (χ1n) is 9.79. The Balaban J connectivity index is 1.56. The Bertz CT molecular complexity index is 934.